The third-order valence-corrected chi connectivity index (χ3v) is 3.78. The fourth-order valence-electron chi connectivity index (χ4n) is 2.84. The van der Waals surface area contributed by atoms with Gasteiger partial charge in [0, 0.05) is 25.8 Å². The lowest BCUT2D eigenvalue weighted by Crippen LogP contribution is -2.47. The number of ether oxygens (including phenoxy) is 2. The third kappa shape index (κ3) is 3.42. The Balaban J connectivity index is 1.85. The second-order valence-corrected chi connectivity index (χ2v) is 4.93. The van der Waals surface area contributed by atoms with E-state index in [1.807, 2.05) is 6.92 Å². The van der Waals surface area contributed by atoms with Gasteiger partial charge in [-0.05, 0) is 39.2 Å². The molecule has 0 radical (unpaired) electrons. The molecule has 4 heteroatoms. The molecule has 2 aliphatic heterocycles. The number of carbonyl (C=O) groups excluding carboxylic acids is 1. The second kappa shape index (κ2) is 6.36. The molecule has 4 nitrogen and oxygen atoms in total. The maximum absolute atomic E-state index is 11.8. The van der Waals surface area contributed by atoms with Gasteiger partial charge in [0.2, 0.25) is 0 Å². The van der Waals surface area contributed by atoms with Crippen molar-refractivity contribution in [2.24, 2.45) is 5.92 Å². The van der Waals surface area contributed by atoms with Gasteiger partial charge in [-0.2, -0.15) is 0 Å². The molecule has 0 aromatic heterocycles. The van der Waals surface area contributed by atoms with Crippen LogP contribution in [0.5, 0.6) is 0 Å². The normalized spacial score (nSPS) is 27.9. The molecule has 2 rings (SSSR count). The lowest BCUT2D eigenvalue weighted by molar-refractivity contribution is -0.150. The van der Waals surface area contributed by atoms with Crippen LogP contribution in [0.3, 0.4) is 0 Å². The molecular weight excluding hydrogens is 218 g/mol. The Morgan fingerprint density at radius 3 is 2.82 bits per heavy atom. The second-order valence-electron chi connectivity index (χ2n) is 4.93. The first-order chi connectivity index (χ1) is 8.31. The Bertz CT molecular complexity index is 251. The highest BCUT2D eigenvalue weighted by Crippen LogP contribution is 2.23. The summed E-state index contributed by atoms with van der Waals surface area (Å²) in [5.41, 5.74) is 0. The first-order valence-corrected chi connectivity index (χ1v) is 6.79. The summed E-state index contributed by atoms with van der Waals surface area (Å²) in [4.78, 5) is 14.2. The van der Waals surface area contributed by atoms with Gasteiger partial charge in [-0.3, -0.25) is 9.69 Å². The van der Waals surface area contributed by atoms with Crippen molar-refractivity contribution in [3.8, 4) is 0 Å². The van der Waals surface area contributed by atoms with Crippen LogP contribution in [0.25, 0.3) is 0 Å². The van der Waals surface area contributed by atoms with E-state index in [0.29, 0.717) is 12.6 Å². The molecule has 0 N–H and O–H groups in total. The predicted octanol–water partition coefficient (Wildman–Crippen LogP) is 1.44. The summed E-state index contributed by atoms with van der Waals surface area (Å²) in [5.74, 6) is 0.0794. The molecule has 2 fully saturated rings. The van der Waals surface area contributed by atoms with Crippen LogP contribution < -0.4 is 0 Å². The first-order valence-electron chi connectivity index (χ1n) is 6.79. The van der Waals surface area contributed by atoms with E-state index in [2.05, 4.69) is 4.90 Å². The predicted molar refractivity (Wildman–Crippen MR) is 64.8 cm³/mol. The molecule has 0 bridgehead atoms. The van der Waals surface area contributed by atoms with Crippen molar-refractivity contribution in [2.45, 2.75) is 38.6 Å². The van der Waals surface area contributed by atoms with E-state index in [0.717, 1.165) is 52.0 Å². The summed E-state index contributed by atoms with van der Waals surface area (Å²) in [5, 5.41) is 0. The summed E-state index contributed by atoms with van der Waals surface area (Å²) < 4.78 is 10.5. The minimum absolute atomic E-state index is 0.00994. The molecule has 0 aliphatic carbocycles. The molecule has 0 unspecified atom stereocenters. The Kier molecular flexibility index (Phi) is 4.80. The molecule has 2 heterocycles. The molecule has 0 spiro atoms. The van der Waals surface area contributed by atoms with Crippen LogP contribution in [0, 0.1) is 5.92 Å². The lowest BCUT2D eigenvalue weighted by atomic mass is 9.95. The minimum Gasteiger partial charge on any atom is -0.466 e. The number of nitrogens with zero attached hydrogens (tertiary/aromatic N) is 1. The Morgan fingerprint density at radius 1 is 1.35 bits per heavy atom. The number of likely N-dealkylation sites (tertiary alicyclic amines) is 1. The molecule has 1 atom stereocenters. The van der Waals surface area contributed by atoms with Crippen molar-refractivity contribution >= 4 is 5.97 Å². The van der Waals surface area contributed by atoms with Crippen molar-refractivity contribution in [3.05, 3.63) is 0 Å². The molecule has 0 aromatic rings. The SMILES string of the molecule is CCOC(=O)[C@H]1CCCN(C2CCOCC2)C1. The zero-order chi connectivity index (χ0) is 12.1. The van der Waals surface area contributed by atoms with Gasteiger partial charge in [-0.1, -0.05) is 0 Å². The zero-order valence-corrected chi connectivity index (χ0v) is 10.7. The number of carbonyl (C=O) groups is 1. The van der Waals surface area contributed by atoms with Gasteiger partial charge in [-0.15, -0.1) is 0 Å². The molecule has 98 valence electrons. The maximum atomic E-state index is 11.8. The van der Waals surface area contributed by atoms with Crippen molar-refractivity contribution in [1.29, 1.82) is 0 Å². The van der Waals surface area contributed by atoms with Gasteiger partial charge in [0.25, 0.3) is 0 Å². The average molecular weight is 241 g/mol. The molecular formula is C13H23NO3. The molecule has 2 aliphatic rings. The van der Waals surface area contributed by atoms with E-state index in [4.69, 9.17) is 9.47 Å². The number of rotatable bonds is 3. The lowest BCUT2D eigenvalue weighted by Gasteiger charge is -2.39. The van der Waals surface area contributed by atoms with Crippen molar-refractivity contribution in [2.75, 3.05) is 32.9 Å². The van der Waals surface area contributed by atoms with Crippen LogP contribution in [0.2, 0.25) is 0 Å². The smallest absolute Gasteiger partial charge is 0.310 e. The first kappa shape index (κ1) is 12.8. The van der Waals surface area contributed by atoms with Gasteiger partial charge in [0.1, 0.15) is 0 Å². The topological polar surface area (TPSA) is 38.8 Å². The van der Waals surface area contributed by atoms with Crippen LogP contribution in [-0.4, -0.2) is 49.8 Å². The summed E-state index contributed by atoms with van der Waals surface area (Å²) >= 11 is 0. The highest BCUT2D eigenvalue weighted by molar-refractivity contribution is 5.72. The van der Waals surface area contributed by atoms with Gasteiger partial charge in [-0.25, -0.2) is 0 Å². The quantitative estimate of drug-likeness (QED) is 0.701. The van der Waals surface area contributed by atoms with E-state index in [9.17, 15) is 4.79 Å². The van der Waals surface area contributed by atoms with E-state index in [1.165, 1.54) is 0 Å². The monoisotopic (exact) mass is 241 g/mol. The summed E-state index contributed by atoms with van der Waals surface area (Å²) in [6.45, 7) is 6.10. The van der Waals surface area contributed by atoms with Gasteiger partial charge in [0.15, 0.2) is 0 Å². The Hall–Kier alpha value is -0.610. The number of hydrogen-bond donors (Lipinski definition) is 0. The van der Waals surface area contributed by atoms with E-state index < -0.39 is 0 Å². The van der Waals surface area contributed by atoms with E-state index >= 15 is 0 Å². The maximum Gasteiger partial charge on any atom is 0.310 e. The Morgan fingerprint density at radius 2 is 2.12 bits per heavy atom. The van der Waals surface area contributed by atoms with Crippen LogP contribution in [0.4, 0.5) is 0 Å². The van der Waals surface area contributed by atoms with E-state index in [-0.39, 0.29) is 11.9 Å². The van der Waals surface area contributed by atoms with Crippen LogP contribution >= 0.6 is 0 Å². The van der Waals surface area contributed by atoms with Crippen molar-refractivity contribution in [3.63, 3.8) is 0 Å². The van der Waals surface area contributed by atoms with E-state index in [1.54, 1.807) is 0 Å². The molecule has 17 heavy (non-hydrogen) atoms. The summed E-state index contributed by atoms with van der Waals surface area (Å²) in [6, 6.07) is 0.612. The fraction of sp³-hybridized carbons (Fsp3) is 0.923. The van der Waals surface area contributed by atoms with Gasteiger partial charge >= 0.3 is 5.97 Å². The minimum atomic E-state index is -0.00994. The largest absolute Gasteiger partial charge is 0.466 e. The summed E-state index contributed by atoms with van der Waals surface area (Å²) in [7, 11) is 0. The Labute approximate surface area is 103 Å². The summed E-state index contributed by atoms with van der Waals surface area (Å²) in [6.07, 6.45) is 4.31. The number of hydrogen-bond acceptors (Lipinski definition) is 4. The van der Waals surface area contributed by atoms with Crippen molar-refractivity contribution in [1.82, 2.24) is 4.90 Å². The number of piperidine rings is 1. The van der Waals surface area contributed by atoms with Crippen molar-refractivity contribution < 1.29 is 14.3 Å². The van der Waals surface area contributed by atoms with Gasteiger partial charge < -0.3 is 9.47 Å². The van der Waals surface area contributed by atoms with Crippen LogP contribution in [-0.2, 0) is 14.3 Å². The third-order valence-electron chi connectivity index (χ3n) is 3.78. The average Bonchev–Trinajstić information content (AvgIpc) is 2.40. The molecule has 0 aromatic carbocycles. The highest BCUT2D eigenvalue weighted by atomic mass is 16.5. The number of esters is 1. The van der Waals surface area contributed by atoms with Crippen LogP contribution in [0.15, 0.2) is 0 Å². The molecule has 0 saturated carbocycles. The van der Waals surface area contributed by atoms with Gasteiger partial charge in [0.05, 0.1) is 12.5 Å². The zero-order valence-electron chi connectivity index (χ0n) is 10.7. The standard InChI is InChI=1S/C13H23NO3/c1-2-17-13(15)11-4-3-7-14(10-11)12-5-8-16-9-6-12/h11-12H,2-10H2,1H3/t11-/m0/s1. The highest BCUT2D eigenvalue weighted by Gasteiger charge is 2.31. The van der Waals surface area contributed by atoms with Crippen LogP contribution in [0.1, 0.15) is 32.6 Å². The fourth-order valence-corrected chi connectivity index (χ4v) is 2.84. The molecule has 2 saturated heterocycles. The molecule has 0 amide bonds.